The molecule has 7 rings (SSSR count). The van der Waals surface area contributed by atoms with Crippen LogP contribution < -0.4 is 9.64 Å². The number of nitrogens with zero attached hydrogens (tertiary/aromatic N) is 4. The molecular weight excluding hydrogens is 534 g/mol. The summed E-state index contributed by atoms with van der Waals surface area (Å²) in [5.74, 6) is 0. The van der Waals surface area contributed by atoms with Gasteiger partial charge in [0.2, 0.25) is 10.0 Å². The second-order valence-corrected chi connectivity index (χ2v) is 12.8. The van der Waals surface area contributed by atoms with Crippen LogP contribution in [0.4, 0.5) is 5.69 Å². The molecule has 13 heteroatoms. The van der Waals surface area contributed by atoms with E-state index in [0.29, 0.717) is 54.7 Å². The van der Waals surface area contributed by atoms with E-state index in [1.54, 1.807) is 10.4 Å². The zero-order valence-electron chi connectivity index (χ0n) is 20.5. The van der Waals surface area contributed by atoms with Crippen LogP contribution in [-0.2, 0) is 19.5 Å². The second kappa shape index (κ2) is 9.32. The number of fused-ring (bicyclic) bond motifs is 2. The number of aliphatic hydroxyl groups excluding tert-OH is 1. The molecule has 2 aromatic heterocycles. The SMILES string of the molecule is O=S(=O)(C1CC1)N1CCN(c2ccc(-c3nc4nc(O[C@@H]5CO[C@H]6[C@@H]5OC[C@H]6O)[nH]c4cc3Cl)cc2)CC1. The molecule has 0 radical (unpaired) electrons. The molecule has 0 unspecified atom stereocenters. The van der Waals surface area contributed by atoms with E-state index in [-0.39, 0.29) is 36.2 Å². The average molecular weight is 562 g/mol. The Morgan fingerprint density at radius 3 is 2.50 bits per heavy atom. The van der Waals surface area contributed by atoms with Gasteiger partial charge in [0, 0.05) is 37.4 Å². The Hall–Kier alpha value is -2.48. The molecule has 0 bridgehead atoms. The summed E-state index contributed by atoms with van der Waals surface area (Å²) in [5.41, 5.74) is 3.60. The molecular formula is C25H28ClN5O6S. The molecule has 202 valence electrons. The number of ether oxygens (including phenoxy) is 3. The molecule has 3 aromatic rings. The fourth-order valence-corrected chi connectivity index (χ4v) is 7.54. The predicted molar refractivity (Wildman–Crippen MR) is 140 cm³/mol. The molecule has 1 aliphatic carbocycles. The number of H-pyrrole nitrogens is 1. The highest BCUT2D eigenvalue weighted by molar-refractivity contribution is 7.90. The predicted octanol–water partition coefficient (Wildman–Crippen LogP) is 1.80. The summed E-state index contributed by atoms with van der Waals surface area (Å²) in [6, 6.07) is 10.0. The van der Waals surface area contributed by atoms with E-state index in [1.165, 1.54) is 0 Å². The third-order valence-electron chi connectivity index (χ3n) is 7.70. The Kier molecular flexibility index (Phi) is 6.02. The van der Waals surface area contributed by atoms with Gasteiger partial charge in [-0.05, 0) is 31.0 Å². The maximum absolute atomic E-state index is 12.5. The van der Waals surface area contributed by atoms with E-state index >= 15 is 0 Å². The smallest absolute Gasteiger partial charge is 0.296 e. The lowest BCUT2D eigenvalue weighted by molar-refractivity contribution is 0.00706. The number of imidazole rings is 1. The Labute approximate surface area is 224 Å². The van der Waals surface area contributed by atoms with Gasteiger partial charge in [0.25, 0.3) is 6.01 Å². The molecule has 3 saturated heterocycles. The number of hydrogen-bond acceptors (Lipinski definition) is 9. The fraction of sp³-hybridized carbons (Fsp3) is 0.520. The number of aromatic nitrogens is 3. The van der Waals surface area contributed by atoms with Crippen LogP contribution in [0.5, 0.6) is 6.01 Å². The van der Waals surface area contributed by atoms with Gasteiger partial charge in [0.1, 0.15) is 18.3 Å². The van der Waals surface area contributed by atoms with E-state index in [9.17, 15) is 13.5 Å². The van der Waals surface area contributed by atoms with E-state index in [2.05, 4.69) is 19.9 Å². The monoisotopic (exact) mass is 561 g/mol. The largest absolute Gasteiger partial charge is 0.456 e. The molecule has 4 aliphatic rings. The number of benzene rings is 1. The van der Waals surface area contributed by atoms with Gasteiger partial charge in [0.15, 0.2) is 11.8 Å². The number of rotatable bonds is 6. The molecule has 4 fully saturated rings. The summed E-state index contributed by atoms with van der Waals surface area (Å²) in [6.07, 6.45) is -0.173. The Morgan fingerprint density at radius 1 is 1.03 bits per heavy atom. The van der Waals surface area contributed by atoms with Crippen LogP contribution in [0.15, 0.2) is 30.3 Å². The van der Waals surface area contributed by atoms with Crippen LogP contribution in [0.2, 0.25) is 5.02 Å². The van der Waals surface area contributed by atoms with Crippen molar-refractivity contribution in [2.45, 2.75) is 42.5 Å². The first kappa shape index (κ1) is 24.6. The van der Waals surface area contributed by atoms with Crippen LogP contribution >= 0.6 is 11.6 Å². The molecule has 38 heavy (non-hydrogen) atoms. The Morgan fingerprint density at radius 2 is 1.76 bits per heavy atom. The van der Waals surface area contributed by atoms with Gasteiger partial charge in [-0.15, -0.1) is 0 Å². The number of piperazine rings is 1. The van der Waals surface area contributed by atoms with Crippen LogP contribution in [0.1, 0.15) is 12.8 Å². The number of aliphatic hydroxyl groups is 1. The second-order valence-electron chi connectivity index (χ2n) is 10.2. The molecule has 0 spiro atoms. The number of hydrogen-bond donors (Lipinski definition) is 2. The van der Waals surface area contributed by atoms with Crippen LogP contribution in [0.3, 0.4) is 0 Å². The summed E-state index contributed by atoms with van der Waals surface area (Å²) in [6.45, 7) is 2.87. The van der Waals surface area contributed by atoms with Crippen molar-refractivity contribution in [1.82, 2.24) is 19.3 Å². The minimum absolute atomic E-state index is 0.167. The molecule has 0 amide bonds. The van der Waals surface area contributed by atoms with Gasteiger partial charge in [-0.3, -0.25) is 0 Å². The van der Waals surface area contributed by atoms with Gasteiger partial charge in [0.05, 0.1) is 34.7 Å². The van der Waals surface area contributed by atoms with Crippen molar-refractivity contribution in [2.75, 3.05) is 44.3 Å². The standard InChI is InChI=1S/C25H28ClN5O6S/c26-17-11-18-24(29-25(27-18)37-20-13-36-22-19(32)12-35-23(20)22)28-21(17)14-1-3-15(4-2-14)30-7-9-31(10-8-30)38(33,34)16-5-6-16/h1-4,11,16,19-20,22-23,32H,5-10,12-13H2,(H,27,28,29)/t19-,20-,22-,23-/m1/s1. The lowest BCUT2D eigenvalue weighted by atomic mass is 10.1. The van der Waals surface area contributed by atoms with Crippen molar-refractivity contribution < 1.29 is 27.7 Å². The van der Waals surface area contributed by atoms with Crippen LogP contribution in [-0.4, -0.2) is 102 Å². The maximum atomic E-state index is 12.5. The molecule has 11 nitrogen and oxygen atoms in total. The highest BCUT2D eigenvalue weighted by Crippen LogP contribution is 2.34. The zero-order valence-corrected chi connectivity index (χ0v) is 22.1. The number of pyridine rings is 1. The molecule has 3 aliphatic heterocycles. The first-order valence-corrected chi connectivity index (χ1v) is 14.7. The quantitative estimate of drug-likeness (QED) is 0.462. The highest BCUT2D eigenvalue weighted by Gasteiger charge is 2.48. The number of halogens is 1. The number of sulfonamides is 1. The third kappa shape index (κ3) is 4.33. The number of anilines is 1. The molecule has 1 aromatic carbocycles. The highest BCUT2D eigenvalue weighted by atomic mass is 35.5. The van der Waals surface area contributed by atoms with Gasteiger partial charge >= 0.3 is 0 Å². The van der Waals surface area contributed by atoms with Crippen molar-refractivity contribution >= 4 is 38.5 Å². The lowest BCUT2D eigenvalue weighted by Crippen LogP contribution is -2.49. The molecule has 5 heterocycles. The van der Waals surface area contributed by atoms with Crippen molar-refractivity contribution in [3.8, 4) is 17.3 Å². The van der Waals surface area contributed by atoms with E-state index < -0.39 is 16.1 Å². The van der Waals surface area contributed by atoms with Crippen molar-refractivity contribution in [3.05, 3.63) is 35.4 Å². The van der Waals surface area contributed by atoms with Crippen LogP contribution in [0.25, 0.3) is 22.4 Å². The summed E-state index contributed by atoms with van der Waals surface area (Å²) in [7, 11) is -3.13. The van der Waals surface area contributed by atoms with E-state index in [0.717, 1.165) is 24.1 Å². The Bertz CT molecular complexity index is 1450. The summed E-state index contributed by atoms with van der Waals surface area (Å²) < 4.78 is 43.9. The van der Waals surface area contributed by atoms with Crippen LogP contribution in [0, 0.1) is 0 Å². The minimum Gasteiger partial charge on any atom is -0.456 e. The molecule has 2 N–H and O–H groups in total. The van der Waals surface area contributed by atoms with Crippen molar-refractivity contribution in [3.63, 3.8) is 0 Å². The maximum Gasteiger partial charge on any atom is 0.296 e. The first-order chi connectivity index (χ1) is 18.4. The van der Waals surface area contributed by atoms with Gasteiger partial charge in [-0.25, -0.2) is 13.4 Å². The molecule has 4 atom stereocenters. The summed E-state index contributed by atoms with van der Waals surface area (Å²) >= 11 is 6.59. The third-order valence-corrected chi connectivity index (χ3v) is 10.4. The van der Waals surface area contributed by atoms with E-state index in [4.69, 9.17) is 25.8 Å². The van der Waals surface area contributed by atoms with Gasteiger partial charge in [-0.1, -0.05) is 23.7 Å². The first-order valence-electron chi connectivity index (χ1n) is 12.9. The fourth-order valence-electron chi connectivity index (χ4n) is 5.45. The van der Waals surface area contributed by atoms with Crippen molar-refractivity contribution in [1.29, 1.82) is 0 Å². The zero-order chi connectivity index (χ0) is 26.0. The summed E-state index contributed by atoms with van der Waals surface area (Å²) in [4.78, 5) is 14.5. The van der Waals surface area contributed by atoms with Gasteiger partial charge in [-0.2, -0.15) is 9.29 Å². The lowest BCUT2D eigenvalue weighted by Gasteiger charge is -2.35. The number of aromatic amines is 1. The molecule has 1 saturated carbocycles. The number of nitrogens with one attached hydrogen (secondary N) is 1. The topological polar surface area (TPSA) is 130 Å². The summed E-state index contributed by atoms with van der Waals surface area (Å²) in [5, 5.41) is 10.2. The average Bonchev–Trinajstić information content (AvgIpc) is 3.48. The van der Waals surface area contributed by atoms with E-state index in [1.807, 2.05) is 24.3 Å². The van der Waals surface area contributed by atoms with Gasteiger partial charge < -0.3 is 29.2 Å². The normalized spacial score (nSPS) is 28.2. The Balaban J connectivity index is 1.05. The minimum atomic E-state index is -3.13. The van der Waals surface area contributed by atoms with Crippen molar-refractivity contribution in [2.24, 2.45) is 0 Å².